The van der Waals surface area contributed by atoms with Crippen LogP contribution in [0.1, 0.15) is 162 Å². The van der Waals surface area contributed by atoms with Crippen molar-refractivity contribution in [1.82, 2.24) is 0 Å². The number of allylic oxidation sites excluding steroid dienone is 2. The van der Waals surface area contributed by atoms with Gasteiger partial charge < -0.3 is 64.2 Å². The fourth-order valence-electron chi connectivity index (χ4n) is 7.23. The Morgan fingerprint density at radius 3 is 1.64 bits per heavy atom. The fraction of sp³-hybridized carbons (Fsp3) is 0.932. The minimum absolute atomic E-state index is 0.0629. The molecule has 14 heteroatoms. The van der Waals surface area contributed by atoms with E-state index in [-0.39, 0.29) is 25.6 Å². The summed E-state index contributed by atoms with van der Waals surface area (Å²) in [5, 5.41) is 71.8. The number of esters is 1. The summed E-state index contributed by atoms with van der Waals surface area (Å²) in [6.07, 6.45) is 14.3. The summed E-state index contributed by atoms with van der Waals surface area (Å²) < 4.78 is 34.1. The van der Waals surface area contributed by atoms with Crippen LogP contribution in [0, 0.1) is 0 Å². The Kier molecular flexibility index (Phi) is 30.4. The molecule has 0 amide bonds. The SMILES string of the molecule is CCC/C=C\CCCCCCCC(=O)OC(COCCCCCCCCCCCCCCCC)COC1OC(COC2OC(CO)C(O)C(O)C2O)C(O)C(O)C1O. The third-order valence-corrected chi connectivity index (χ3v) is 11.0. The second kappa shape index (κ2) is 33.4. The molecule has 7 N–H and O–H groups in total. The van der Waals surface area contributed by atoms with Crippen LogP contribution in [-0.2, 0) is 33.2 Å². The molecule has 2 aliphatic heterocycles. The standard InChI is InChI=1S/C44H82O14/c1-3-5-7-9-11-13-15-16-17-18-20-22-24-26-28-53-30-33(56-36(46)27-25-23-21-19-14-12-10-8-6-4-2)31-54-43-42(52)40(50)38(48)35(58-43)32-55-44-41(51)39(49)37(47)34(29-45)57-44/h8,10,33-35,37-45,47-52H,3-7,9,11-32H2,1-2H3/b10-8-. The summed E-state index contributed by atoms with van der Waals surface area (Å²) in [7, 11) is 0. The number of carbonyl (C=O) groups is 1. The summed E-state index contributed by atoms with van der Waals surface area (Å²) in [6.45, 7) is 3.61. The van der Waals surface area contributed by atoms with Gasteiger partial charge in [0.15, 0.2) is 12.6 Å². The van der Waals surface area contributed by atoms with Crippen LogP contribution in [0.3, 0.4) is 0 Å². The van der Waals surface area contributed by atoms with Crippen molar-refractivity contribution < 1.29 is 69.0 Å². The number of hydrogen-bond acceptors (Lipinski definition) is 14. The molecule has 0 aromatic carbocycles. The lowest BCUT2D eigenvalue weighted by molar-refractivity contribution is -0.332. The van der Waals surface area contributed by atoms with Crippen LogP contribution in [-0.4, -0.2) is 142 Å². The second-order valence-corrected chi connectivity index (χ2v) is 16.2. The molecule has 14 nitrogen and oxygen atoms in total. The average Bonchev–Trinajstić information content (AvgIpc) is 3.22. The molecular formula is C44H82O14. The zero-order chi connectivity index (χ0) is 42.4. The molecule has 0 aromatic heterocycles. The van der Waals surface area contributed by atoms with Gasteiger partial charge in [-0.2, -0.15) is 0 Å². The highest BCUT2D eigenvalue weighted by Gasteiger charge is 2.47. The zero-order valence-corrected chi connectivity index (χ0v) is 35.8. The quantitative estimate of drug-likeness (QED) is 0.0251. The van der Waals surface area contributed by atoms with Gasteiger partial charge in [0.25, 0.3) is 0 Å². The molecule has 2 fully saturated rings. The van der Waals surface area contributed by atoms with E-state index in [9.17, 15) is 40.5 Å². The van der Waals surface area contributed by atoms with Crippen molar-refractivity contribution in [3.8, 4) is 0 Å². The van der Waals surface area contributed by atoms with E-state index in [1.807, 2.05) is 0 Å². The molecule has 0 saturated carbocycles. The highest BCUT2D eigenvalue weighted by molar-refractivity contribution is 5.69. The van der Waals surface area contributed by atoms with Gasteiger partial charge in [0.05, 0.1) is 26.4 Å². The summed E-state index contributed by atoms with van der Waals surface area (Å²) in [5.74, 6) is -0.387. The molecular weight excluding hydrogens is 752 g/mol. The van der Waals surface area contributed by atoms with Gasteiger partial charge in [-0.1, -0.05) is 135 Å². The maximum Gasteiger partial charge on any atom is 0.306 e. The summed E-state index contributed by atoms with van der Waals surface area (Å²) >= 11 is 0. The average molecular weight is 835 g/mol. The topological polar surface area (TPSA) is 214 Å². The normalized spacial score (nSPS) is 28.3. The Balaban J connectivity index is 1.81. The molecule has 2 saturated heterocycles. The van der Waals surface area contributed by atoms with E-state index in [1.54, 1.807) is 0 Å². The maximum atomic E-state index is 12.9. The summed E-state index contributed by atoms with van der Waals surface area (Å²) in [4.78, 5) is 12.9. The molecule has 0 aromatic rings. The van der Waals surface area contributed by atoms with E-state index in [4.69, 9.17) is 28.4 Å². The van der Waals surface area contributed by atoms with Crippen molar-refractivity contribution in [3.63, 3.8) is 0 Å². The van der Waals surface area contributed by atoms with Crippen LogP contribution in [0.5, 0.6) is 0 Å². The smallest absolute Gasteiger partial charge is 0.306 e. The van der Waals surface area contributed by atoms with Crippen molar-refractivity contribution in [1.29, 1.82) is 0 Å². The fourth-order valence-corrected chi connectivity index (χ4v) is 7.23. The van der Waals surface area contributed by atoms with Crippen LogP contribution in [0.15, 0.2) is 12.2 Å². The van der Waals surface area contributed by atoms with Gasteiger partial charge in [0, 0.05) is 13.0 Å². The Hall–Kier alpha value is -1.27. The molecule has 342 valence electrons. The highest BCUT2D eigenvalue weighted by Crippen LogP contribution is 2.26. The van der Waals surface area contributed by atoms with Gasteiger partial charge in [-0.05, 0) is 32.1 Å². The van der Waals surface area contributed by atoms with Crippen LogP contribution >= 0.6 is 0 Å². The van der Waals surface area contributed by atoms with Crippen molar-refractivity contribution >= 4 is 5.97 Å². The van der Waals surface area contributed by atoms with E-state index >= 15 is 0 Å². The Labute approximate surface area is 348 Å². The van der Waals surface area contributed by atoms with Gasteiger partial charge in [0.2, 0.25) is 0 Å². The number of carbonyl (C=O) groups excluding carboxylic acids is 1. The minimum Gasteiger partial charge on any atom is -0.457 e. The molecule has 0 aliphatic carbocycles. The molecule has 0 bridgehead atoms. The summed E-state index contributed by atoms with van der Waals surface area (Å²) in [6, 6.07) is 0. The number of aliphatic hydroxyl groups is 7. The van der Waals surface area contributed by atoms with Crippen LogP contribution in [0.4, 0.5) is 0 Å². The highest BCUT2D eigenvalue weighted by atomic mass is 16.7. The van der Waals surface area contributed by atoms with Crippen LogP contribution < -0.4 is 0 Å². The van der Waals surface area contributed by atoms with E-state index in [1.165, 1.54) is 70.6 Å². The largest absolute Gasteiger partial charge is 0.457 e. The lowest BCUT2D eigenvalue weighted by atomic mass is 9.98. The first-order valence-electron chi connectivity index (χ1n) is 22.8. The molecule has 2 heterocycles. The van der Waals surface area contributed by atoms with Crippen molar-refractivity contribution in [2.45, 2.75) is 229 Å². The number of hydrogen-bond donors (Lipinski definition) is 7. The van der Waals surface area contributed by atoms with Crippen molar-refractivity contribution in [3.05, 3.63) is 12.2 Å². The Morgan fingerprint density at radius 2 is 1.05 bits per heavy atom. The molecule has 11 unspecified atom stereocenters. The van der Waals surface area contributed by atoms with Gasteiger partial charge in [-0.25, -0.2) is 0 Å². The first-order chi connectivity index (χ1) is 28.1. The minimum atomic E-state index is -1.70. The zero-order valence-electron chi connectivity index (χ0n) is 35.8. The van der Waals surface area contributed by atoms with Gasteiger partial charge in [-0.15, -0.1) is 0 Å². The van der Waals surface area contributed by atoms with Crippen molar-refractivity contribution in [2.75, 3.05) is 33.0 Å². The Bertz CT molecular complexity index is 1020. The van der Waals surface area contributed by atoms with E-state index in [0.717, 1.165) is 64.2 Å². The Morgan fingerprint density at radius 1 is 0.552 bits per heavy atom. The van der Waals surface area contributed by atoms with Gasteiger partial charge >= 0.3 is 5.97 Å². The van der Waals surface area contributed by atoms with E-state index < -0.39 is 80.7 Å². The van der Waals surface area contributed by atoms with Gasteiger partial charge in [-0.3, -0.25) is 4.79 Å². The molecule has 2 aliphatic rings. The first kappa shape index (κ1) is 52.9. The predicted molar refractivity (Wildman–Crippen MR) is 220 cm³/mol. The van der Waals surface area contributed by atoms with Crippen LogP contribution in [0.25, 0.3) is 0 Å². The number of ether oxygens (including phenoxy) is 6. The van der Waals surface area contributed by atoms with Crippen LogP contribution in [0.2, 0.25) is 0 Å². The molecule has 58 heavy (non-hydrogen) atoms. The maximum absolute atomic E-state index is 12.9. The van der Waals surface area contributed by atoms with E-state index in [0.29, 0.717) is 13.0 Å². The lowest BCUT2D eigenvalue weighted by Crippen LogP contribution is -2.61. The van der Waals surface area contributed by atoms with Gasteiger partial charge in [0.1, 0.15) is 54.9 Å². The summed E-state index contributed by atoms with van der Waals surface area (Å²) in [5.41, 5.74) is 0. The second-order valence-electron chi connectivity index (χ2n) is 16.2. The van der Waals surface area contributed by atoms with E-state index in [2.05, 4.69) is 26.0 Å². The molecule has 0 spiro atoms. The lowest BCUT2D eigenvalue weighted by Gasteiger charge is -2.42. The number of rotatable bonds is 35. The molecule has 0 radical (unpaired) electrons. The third kappa shape index (κ3) is 22.0. The molecule has 11 atom stereocenters. The van der Waals surface area contributed by atoms with Crippen molar-refractivity contribution in [2.24, 2.45) is 0 Å². The predicted octanol–water partition coefficient (Wildman–Crippen LogP) is 5.12. The molecule has 2 rings (SSSR count). The number of aliphatic hydroxyl groups excluding tert-OH is 7. The number of unbranched alkanes of at least 4 members (excludes halogenated alkanes) is 19. The first-order valence-corrected chi connectivity index (χ1v) is 22.8. The monoisotopic (exact) mass is 835 g/mol. The third-order valence-electron chi connectivity index (χ3n) is 11.0.